The van der Waals surface area contributed by atoms with Gasteiger partial charge in [0.05, 0.1) is 5.75 Å². The molecule has 0 heterocycles. The minimum absolute atomic E-state index is 0.0254. The highest BCUT2D eigenvalue weighted by Gasteiger charge is 2.28. The van der Waals surface area contributed by atoms with Crippen molar-refractivity contribution in [2.24, 2.45) is 5.73 Å². The van der Waals surface area contributed by atoms with E-state index in [1.165, 1.54) is 0 Å². The highest BCUT2D eigenvalue weighted by molar-refractivity contribution is 7.88. The second kappa shape index (κ2) is 6.20. The van der Waals surface area contributed by atoms with Gasteiger partial charge in [-0.15, -0.1) is 0 Å². The highest BCUT2D eigenvalue weighted by Crippen LogP contribution is 2.25. The number of nitrogens with zero attached hydrogens (tertiary/aromatic N) is 1. The third-order valence-electron chi connectivity index (χ3n) is 3.87. The van der Waals surface area contributed by atoms with Crippen LogP contribution in [0.5, 0.6) is 0 Å². The van der Waals surface area contributed by atoms with Gasteiger partial charge in [0.15, 0.2) is 0 Å². The van der Waals surface area contributed by atoms with Gasteiger partial charge in [0, 0.05) is 18.7 Å². The molecule has 1 aliphatic rings. The molecule has 0 aromatic heterocycles. The van der Waals surface area contributed by atoms with Gasteiger partial charge in [0.1, 0.15) is 4.99 Å². The zero-order chi connectivity index (χ0) is 14.8. The maximum atomic E-state index is 12.4. The first kappa shape index (κ1) is 15.4. The number of hydrogen-bond donors (Lipinski definition) is 1. The normalized spacial score (nSPS) is 16.7. The van der Waals surface area contributed by atoms with E-state index >= 15 is 0 Å². The molecule has 0 saturated heterocycles. The quantitative estimate of drug-likeness (QED) is 0.845. The Labute approximate surface area is 126 Å². The van der Waals surface area contributed by atoms with Crippen LogP contribution in [0.25, 0.3) is 0 Å². The minimum Gasteiger partial charge on any atom is -0.389 e. The first-order valence-electron chi connectivity index (χ1n) is 6.74. The Hall–Kier alpha value is -0.980. The van der Waals surface area contributed by atoms with Crippen molar-refractivity contribution in [3.8, 4) is 0 Å². The Morgan fingerprint density at radius 3 is 2.35 bits per heavy atom. The van der Waals surface area contributed by atoms with Crippen LogP contribution in [0.2, 0.25) is 0 Å². The molecule has 1 fully saturated rings. The predicted octanol–water partition coefficient (Wildman–Crippen LogP) is 2.02. The molecule has 0 aliphatic heterocycles. The average molecular weight is 312 g/mol. The molecule has 2 N–H and O–H groups in total. The molecule has 2 rings (SSSR count). The summed E-state index contributed by atoms with van der Waals surface area (Å²) in [5.41, 5.74) is 7.04. The van der Waals surface area contributed by atoms with Gasteiger partial charge in [-0.3, -0.25) is 0 Å². The second-order valence-corrected chi connectivity index (χ2v) is 7.74. The van der Waals surface area contributed by atoms with Gasteiger partial charge < -0.3 is 5.73 Å². The van der Waals surface area contributed by atoms with Crippen LogP contribution in [0.1, 0.15) is 36.8 Å². The summed E-state index contributed by atoms with van der Waals surface area (Å²) < 4.78 is 26.3. The molecule has 6 heteroatoms. The van der Waals surface area contributed by atoms with Gasteiger partial charge in [-0.05, 0) is 18.4 Å². The van der Waals surface area contributed by atoms with Crippen molar-refractivity contribution >= 4 is 27.2 Å². The molecule has 0 bridgehead atoms. The smallest absolute Gasteiger partial charge is 0.218 e. The molecule has 0 unspecified atom stereocenters. The fraction of sp³-hybridized carbons (Fsp3) is 0.500. The van der Waals surface area contributed by atoms with Crippen molar-refractivity contribution in [3.63, 3.8) is 0 Å². The number of rotatable bonds is 5. The molecular weight excluding hydrogens is 292 g/mol. The summed E-state index contributed by atoms with van der Waals surface area (Å²) in [5, 5.41) is 0. The Balaban J connectivity index is 2.09. The van der Waals surface area contributed by atoms with Crippen LogP contribution < -0.4 is 5.73 Å². The molecule has 1 aromatic carbocycles. The van der Waals surface area contributed by atoms with Crippen LogP contribution >= 0.6 is 12.2 Å². The van der Waals surface area contributed by atoms with E-state index in [1.807, 2.05) is 0 Å². The average Bonchev–Trinajstić information content (AvgIpc) is 2.91. The van der Waals surface area contributed by atoms with Crippen LogP contribution in [-0.4, -0.2) is 30.8 Å². The Bertz CT molecular complexity index is 576. The lowest BCUT2D eigenvalue weighted by molar-refractivity contribution is 0.372. The highest BCUT2D eigenvalue weighted by atomic mass is 32.2. The maximum absolute atomic E-state index is 12.4. The van der Waals surface area contributed by atoms with E-state index in [4.69, 9.17) is 18.0 Å². The lowest BCUT2D eigenvalue weighted by Gasteiger charge is -2.23. The molecule has 4 nitrogen and oxygen atoms in total. The lowest BCUT2D eigenvalue weighted by atomic mass is 10.1. The Kier molecular flexibility index (Phi) is 4.78. The summed E-state index contributed by atoms with van der Waals surface area (Å²) in [6.45, 7) is 0. The van der Waals surface area contributed by atoms with Crippen LogP contribution in [0, 0.1) is 0 Å². The molecule has 0 atom stereocenters. The third kappa shape index (κ3) is 3.56. The molecule has 20 heavy (non-hydrogen) atoms. The van der Waals surface area contributed by atoms with E-state index in [0.717, 1.165) is 36.8 Å². The van der Waals surface area contributed by atoms with Crippen LogP contribution in [0.15, 0.2) is 24.3 Å². The zero-order valence-corrected chi connectivity index (χ0v) is 13.2. The third-order valence-corrected chi connectivity index (χ3v) is 5.97. The number of thiocarbonyl (C=S) groups is 1. The fourth-order valence-electron chi connectivity index (χ4n) is 2.57. The van der Waals surface area contributed by atoms with E-state index in [0.29, 0.717) is 4.99 Å². The van der Waals surface area contributed by atoms with Crippen molar-refractivity contribution in [1.29, 1.82) is 0 Å². The fourth-order valence-corrected chi connectivity index (χ4v) is 4.19. The van der Waals surface area contributed by atoms with Crippen molar-refractivity contribution < 1.29 is 8.42 Å². The van der Waals surface area contributed by atoms with Crippen molar-refractivity contribution in [2.45, 2.75) is 37.5 Å². The summed E-state index contributed by atoms with van der Waals surface area (Å²) in [6.07, 6.45) is 4.17. The van der Waals surface area contributed by atoms with Crippen LogP contribution in [0.3, 0.4) is 0 Å². The lowest BCUT2D eigenvalue weighted by Crippen LogP contribution is -2.36. The monoisotopic (exact) mass is 312 g/mol. The number of sulfonamides is 1. The number of benzene rings is 1. The van der Waals surface area contributed by atoms with E-state index in [2.05, 4.69) is 0 Å². The van der Waals surface area contributed by atoms with E-state index < -0.39 is 10.0 Å². The molecule has 0 spiro atoms. The molecular formula is C14H20N2O2S2. The minimum atomic E-state index is -3.26. The van der Waals surface area contributed by atoms with Crippen molar-refractivity contribution in [3.05, 3.63) is 35.4 Å². The first-order valence-corrected chi connectivity index (χ1v) is 8.76. The molecule has 1 saturated carbocycles. The van der Waals surface area contributed by atoms with Gasteiger partial charge in [-0.25, -0.2) is 12.7 Å². The van der Waals surface area contributed by atoms with E-state index in [1.54, 1.807) is 35.6 Å². The van der Waals surface area contributed by atoms with E-state index in [-0.39, 0.29) is 11.8 Å². The molecule has 1 aromatic rings. The first-order chi connectivity index (χ1) is 9.40. The molecule has 110 valence electrons. The van der Waals surface area contributed by atoms with Gasteiger partial charge >= 0.3 is 0 Å². The van der Waals surface area contributed by atoms with Crippen molar-refractivity contribution in [1.82, 2.24) is 4.31 Å². The van der Waals surface area contributed by atoms with Crippen LogP contribution in [-0.2, 0) is 15.8 Å². The maximum Gasteiger partial charge on any atom is 0.218 e. The predicted molar refractivity (Wildman–Crippen MR) is 85.0 cm³/mol. The molecule has 1 aliphatic carbocycles. The summed E-state index contributed by atoms with van der Waals surface area (Å²) in [7, 11) is -1.57. The van der Waals surface area contributed by atoms with Gasteiger partial charge in [-0.2, -0.15) is 0 Å². The topological polar surface area (TPSA) is 63.4 Å². The van der Waals surface area contributed by atoms with Crippen molar-refractivity contribution in [2.75, 3.05) is 7.05 Å². The van der Waals surface area contributed by atoms with Gasteiger partial charge in [0.25, 0.3) is 0 Å². The van der Waals surface area contributed by atoms with Gasteiger partial charge in [-0.1, -0.05) is 49.3 Å². The molecule has 0 radical (unpaired) electrons. The van der Waals surface area contributed by atoms with Gasteiger partial charge in [0.2, 0.25) is 10.0 Å². The summed E-state index contributed by atoms with van der Waals surface area (Å²) in [5.74, 6) is 0.0254. The number of hydrogen-bond acceptors (Lipinski definition) is 3. The second-order valence-electron chi connectivity index (χ2n) is 5.27. The molecule has 0 amide bonds. The number of nitrogens with two attached hydrogens (primary N) is 1. The summed E-state index contributed by atoms with van der Waals surface area (Å²) >= 11 is 4.88. The summed E-state index contributed by atoms with van der Waals surface area (Å²) in [4.78, 5) is 0.322. The Morgan fingerprint density at radius 1 is 1.30 bits per heavy atom. The van der Waals surface area contributed by atoms with Crippen LogP contribution in [0.4, 0.5) is 0 Å². The SMILES string of the molecule is CN(C1CCCC1)S(=O)(=O)Cc1ccc(C(N)=S)cc1. The van der Waals surface area contributed by atoms with E-state index in [9.17, 15) is 8.42 Å². The zero-order valence-electron chi connectivity index (χ0n) is 11.6. The summed E-state index contributed by atoms with van der Waals surface area (Å²) in [6, 6.07) is 7.24. The largest absolute Gasteiger partial charge is 0.389 e. The Morgan fingerprint density at radius 2 is 1.85 bits per heavy atom. The standard InChI is InChI=1S/C14H20N2O2S2/c1-16(13-4-2-3-5-13)20(17,18)10-11-6-8-12(9-7-11)14(15)19/h6-9,13H,2-5,10H2,1H3,(H2,15,19).